The molecule has 2 aromatic heterocycles. The fourth-order valence-electron chi connectivity index (χ4n) is 2.92. The summed E-state index contributed by atoms with van der Waals surface area (Å²) in [5.74, 6) is 0.501. The average Bonchev–Trinajstić information content (AvgIpc) is 3.20. The zero-order valence-corrected chi connectivity index (χ0v) is 15.7. The number of fused-ring (bicyclic) bond motifs is 2. The van der Waals surface area contributed by atoms with Gasteiger partial charge in [0.2, 0.25) is 5.95 Å². The molecule has 10 heteroatoms. The van der Waals surface area contributed by atoms with Crippen molar-refractivity contribution in [3.8, 4) is 0 Å². The Morgan fingerprint density at radius 2 is 1.89 bits per heavy atom. The predicted molar refractivity (Wildman–Crippen MR) is 103 cm³/mol. The third-order valence-corrected chi connectivity index (χ3v) is 5.36. The lowest BCUT2D eigenvalue weighted by atomic mass is 10.2. The van der Waals surface area contributed by atoms with E-state index < -0.39 is 18.0 Å². The summed E-state index contributed by atoms with van der Waals surface area (Å²) in [5.41, 5.74) is 1.99. The number of hydrogen-bond acceptors (Lipinski definition) is 6. The lowest BCUT2D eigenvalue weighted by Gasteiger charge is -2.08. The van der Waals surface area contributed by atoms with E-state index in [0.29, 0.717) is 32.4 Å². The molecule has 0 fully saturated rings. The van der Waals surface area contributed by atoms with Gasteiger partial charge in [0.25, 0.3) is 0 Å². The van der Waals surface area contributed by atoms with Crippen molar-refractivity contribution < 1.29 is 18.3 Å². The topological polar surface area (TPSA) is 75.0 Å². The normalized spacial score (nSPS) is 13.4. The zero-order valence-electron chi connectivity index (χ0n) is 14.9. The molecule has 0 aliphatic rings. The van der Waals surface area contributed by atoms with Crippen LogP contribution in [0.1, 0.15) is 17.4 Å². The van der Waals surface area contributed by atoms with Crippen LogP contribution in [0.25, 0.3) is 21.3 Å². The SMILES string of the molecule is CNC(O)c1ccc2c(c1)nc(Nc1nc3ccc(C(F)(F)F)cc3s1)n2C. The molecular formula is C18H16F3N5OS. The summed E-state index contributed by atoms with van der Waals surface area (Å²) in [5, 5.41) is 16.2. The number of aliphatic hydroxyl groups is 1. The largest absolute Gasteiger partial charge is 0.416 e. The number of nitrogens with one attached hydrogen (secondary N) is 2. The maximum Gasteiger partial charge on any atom is 0.416 e. The van der Waals surface area contributed by atoms with Gasteiger partial charge >= 0.3 is 6.18 Å². The van der Waals surface area contributed by atoms with Crippen LogP contribution in [-0.2, 0) is 13.2 Å². The zero-order chi connectivity index (χ0) is 20.1. The van der Waals surface area contributed by atoms with Crippen molar-refractivity contribution in [1.82, 2.24) is 19.9 Å². The molecule has 0 amide bonds. The number of aromatic nitrogens is 3. The number of thiazole rings is 1. The van der Waals surface area contributed by atoms with Crippen molar-refractivity contribution in [2.45, 2.75) is 12.4 Å². The highest BCUT2D eigenvalue weighted by Gasteiger charge is 2.30. The van der Waals surface area contributed by atoms with Crippen LogP contribution in [-0.4, -0.2) is 26.7 Å². The number of hydrogen-bond donors (Lipinski definition) is 3. The van der Waals surface area contributed by atoms with E-state index in [1.807, 2.05) is 17.7 Å². The number of nitrogens with zero attached hydrogens (tertiary/aromatic N) is 3. The van der Waals surface area contributed by atoms with Crippen LogP contribution in [0.3, 0.4) is 0 Å². The molecule has 0 saturated carbocycles. The van der Waals surface area contributed by atoms with Crippen molar-refractivity contribution >= 4 is 43.7 Å². The molecule has 1 unspecified atom stereocenters. The van der Waals surface area contributed by atoms with Crippen molar-refractivity contribution in [1.29, 1.82) is 0 Å². The van der Waals surface area contributed by atoms with Gasteiger partial charge in [-0.25, -0.2) is 9.97 Å². The Hall–Kier alpha value is -2.69. The summed E-state index contributed by atoms with van der Waals surface area (Å²) >= 11 is 1.13. The van der Waals surface area contributed by atoms with Gasteiger partial charge in [0.05, 0.1) is 26.8 Å². The Bertz CT molecular complexity index is 1170. The van der Waals surface area contributed by atoms with Crippen LogP contribution in [0.5, 0.6) is 0 Å². The number of benzene rings is 2. The number of alkyl halides is 3. The van der Waals surface area contributed by atoms with Crippen LogP contribution in [0.15, 0.2) is 36.4 Å². The molecule has 0 saturated heterocycles. The van der Waals surface area contributed by atoms with Crippen LogP contribution < -0.4 is 10.6 Å². The maximum atomic E-state index is 12.9. The molecule has 0 aliphatic carbocycles. The number of rotatable bonds is 4. The molecule has 2 aromatic carbocycles. The molecule has 6 nitrogen and oxygen atoms in total. The molecule has 28 heavy (non-hydrogen) atoms. The second-order valence-electron chi connectivity index (χ2n) is 6.26. The molecule has 0 aliphatic heterocycles. The molecule has 0 bridgehead atoms. The maximum absolute atomic E-state index is 12.9. The number of anilines is 2. The van der Waals surface area contributed by atoms with Gasteiger partial charge < -0.3 is 15.0 Å². The van der Waals surface area contributed by atoms with Crippen molar-refractivity contribution in [2.24, 2.45) is 7.05 Å². The number of aliphatic hydroxyl groups excluding tert-OH is 1. The summed E-state index contributed by atoms with van der Waals surface area (Å²) in [7, 11) is 3.47. The molecule has 3 N–H and O–H groups in total. The first-order chi connectivity index (χ1) is 13.3. The molecule has 4 aromatic rings. The van der Waals surface area contributed by atoms with Gasteiger partial charge in [-0.15, -0.1) is 0 Å². The highest BCUT2D eigenvalue weighted by molar-refractivity contribution is 7.22. The first-order valence-corrected chi connectivity index (χ1v) is 9.14. The summed E-state index contributed by atoms with van der Waals surface area (Å²) in [4.78, 5) is 8.85. The van der Waals surface area contributed by atoms with E-state index in [-0.39, 0.29) is 0 Å². The van der Waals surface area contributed by atoms with E-state index in [2.05, 4.69) is 20.6 Å². The summed E-state index contributed by atoms with van der Waals surface area (Å²) in [6.07, 6.45) is -5.19. The Kier molecular flexibility index (Phi) is 4.48. The Morgan fingerprint density at radius 1 is 1.11 bits per heavy atom. The monoisotopic (exact) mass is 407 g/mol. The third kappa shape index (κ3) is 3.30. The molecular weight excluding hydrogens is 391 g/mol. The smallest absolute Gasteiger partial charge is 0.374 e. The van der Waals surface area contributed by atoms with E-state index in [9.17, 15) is 18.3 Å². The molecule has 0 radical (unpaired) electrons. The van der Waals surface area contributed by atoms with E-state index in [1.54, 1.807) is 19.2 Å². The molecule has 146 valence electrons. The van der Waals surface area contributed by atoms with Gasteiger partial charge in [0, 0.05) is 7.05 Å². The first kappa shape index (κ1) is 18.7. The van der Waals surface area contributed by atoms with Gasteiger partial charge in [-0.05, 0) is 42.9 Å². The minimum absolute atomic E-state index is 0.440. The van der Waals surface area contributed by atoms with Gasteiger partial charge in [-0.1, -0.05) is 17.4 Å². The van der Waals surface area contributed by atoms with Crippen molar-refractivity contribution in [2.75, 3.05) is 12.4 Å². The van der Waals surface area contributed by atoms with Gasteiger partial charge in [0.15, 0.2) is 5.13 Å². The second-order valence-corrected chi connectivity index (χ2v) is 7.29. The van der Waals surface area contributed by atoms with Crippen LogP contribution in [0, 0.1) is 0 Å². The minimum atomic E-state index is -4.39. The van der Waals surface area contributed by atoms with Gasteiger partial charge in [0.1, 0.15) is 6.23 Å². The van der Waals surface area contributed by atoms with E-state index in [1.165, 1.54) is 6.07 Å². The molecule has 1 atom stereocenters. The quantitative estimate of drug-likeness (QED) is 0.443. The summed E-state index contributed by atoms with van der Waals surface area (Å²) in [6.45, 7) is 0. The molecule has 0 spiro atoms. The molecule has 2 heterocycles. The fourth-order valence-corrected chi connectivity index (χ4v) is 3.81. The number of imidazole rings is 1. The highest BCUT2D eigenvalue weighted by Crippen LogP contribution is 2.35. The van der Waals surface area contributed by atoms with E-state index in [4.69, 9.17) is 0 Å². The fraction of sp³-hybridized carbons (Fsp3) is 0.222. The summed E-state index contributed by atoms with van der Waals surface area (Å²) < 4.78 is 40.9. The predicted octanol–water partition coefficient (Wildman–Crippen LogP) is 4.16. The van der Waals surface area contributed by atoms with E-state index in [0.717, 1.165) is 29.0 Å². The Balaban J connectivity index is 1.68. The standard InChI is InChI=1S/C18H16F3N5OS/c1-22-15(27)9-3-6-13-12(7-9)23-16(26(13)2)25-17-24-11-5-4-10(18(19,20)21)8-14(11)28-17/h3-8,15,22,27H,1-2H3,(H,23,24,25). The second kappa shape index (κ2) is 6.73. The number of halogens is 3. The van der Waals surface area contributed by atoms with Crippen LogP contribution in [0.2, 0.25) is 0 Å². The van der Waals surface area contributed by atoms with Crippen molar-refractivity contribution in [3.05, 3.63) is 47.5 Å². The summed E-state index contributed by atoms with van der Waals surface area (Å²) in [6, 6.07) is 8.90. The van der Waals surface area contributed by atoms with Crippen LogP contribution in [0.4, 0.5) is 24.3 Å². The van der Waals surface area contributed by atoms with Crippen LogP contribution >= 0.6 is 11.3 Å². The number of aryl methyl sites for hydroxylation is 1. The Morgan fingerprint density at radius 3 is 2.61 bits per heavy atom. The average molecular weight is 407 g/mol. The van der Waals surface area contributed by atoms with Crippen molar-refractivity contribution in [3.63, 3.8) is 0 Å². The van der Waals surface area contributed by atoms with E-state index >= 15 is 0 Å². The Labute approximate surface area is 161 Å². The van der Waals surface area contributed by atoms with Gasteiger partial charge in [-0.2, -0.15) is 13.2 Å². The third-order valence-electron chi connectivity index (χ3n) is 4.43. The molecule has 4 rings (SSSR count). The minimum Gasteiger partial charge on any atom is -0.374 e. The lowest BCUT2D eigenvalue weighted by Crippen LogP contribution is -2.14. The first-order valence-electron chi connectivity index (χ1n) is 8.33. The lowest BCUT2D eigenvalue weighted by molar-refractivity contribution is -0.137. The van der Waals surface area contributed by atoms with Gasteiger partial charge in [-0.3, -0.25) is 5.32 Å². The highest BCUT2D eigenvalue weighted by atomic mass is 32.1.